The number of halogens is 3. The van der Waals surface area contributed by atoms with Crippen LogP contribution in [0.25, 0.3) is 0 Å². The van der Waals surface area contributed by atoms with E-state index >= 15 is 0 Å². The summed E-state index contributed by atoms with van der Waals surface area (Å²) in [4.78, 5) is 25.3. The molecule has 1 aromatic rings. The number of carbonyl (C=O) groups is 2. The molecule has 1 atom stereocenters. The normalized spacial score (nSPS) is 21.7. The third kappa shape index (κ3) is 3.69. The Morgan fingerprint density at radius 2 is 1.92 bits per heavy atom. The van der Waals surface area contributed by atoms with Gasteiger partial charge in [-0.25, -0.2) is 0 Å². The van der Waals surface area contributed by atoms with Crippen LogP contribution in [-0.4, -0.2) is 59.6 Å². The van der Waals surface area contributed by atoms with Gasteiger partial charge in [0, 0.05) is 20.1 Å². The predicted molar refractivity (Wildman–Crippen MR) is 80.1 cm³/mol. The molecule has 1 fully saturated rings. The maximum Gasteiger partial charge on any atom is 0.404 e. The fraction of sp³-hybridized carbons (Fsp3) is 0.500. The van der Waals surface area contributed by atoms with Gasteiger partial charge in [0.25, 0.3) is 0 Å². The van der Waals surface area contributed by atoms with E-state index < -0.39 is 36.6 Å². The second-order valence-electron chi connectivity index (χ2n) is 6.08. The zero-order valence-corrected chi connectivity index (χ0v) is 13.2. The van der Waals surface area contributed by atoms with E-state index in [1.807, 2.05) is 18.2 Å². The van der Waals surface area contributed by atoms with Gasteiger partial charge in [0.15, 0.2) is 5.41 Å². The van der Waals surface area contributed by atoms with E-state index in [0.717, 1.165) is 12.6 Å². The Labute approximate surface area is 137 Å². The molecule has 1 aliphatic heterocycles. The molecule has 8 heteroatoms. The number of rotatable bonds is 5. The van der Waals surface area contributed by atoms with E-state index in [-0.39, 0.29) is 13.0 Å². The molecule has 1 saturated heterocycles. The Hall–Kier alpha value is -2.09. The second-order valence-corrected chi connectivity index (χ2v) is 6.08. The number of hydrogen-bond acceptors (Lipinski definition) is 3. The van der Waals surface area contributed by atoms with Gasteiger partial charge in [0.2, 0.25) is 5.91 Å². The van der Waals surface area contributed by atoms with Crippen LogP contribution in [0.15, 0.2) is 30.3 Å². The van der Waals surface area contributed by atoms with E-state index in [1.54, 1.807) is 17.0 Å². The molecule has 2 rings (SSSR count). The zero-order chi connectivity index (χ0) is 18.0. The van der Waals surface area contributed by atoms with E-state index in [4.69, 9.17) is 5.11 Å². The highest BCUT2D eigenvalue weighted by molar-refractivity contribution is 5.87. The van der Waals surface area contributed by atoms with Crippen LogP contribution in [0, 0.1) is 5.41 Å². The molecule has 1 aliphatic rings. The van der Waals surface area contributed by atoms with Crippen LogP contribution in [0.2, 0.25) is 0 Å². The van der Waals surface area contributed by atoms with Crippen molar-refractivity contribution < 1.29 is 27.9 Å². The van der Waals surface area contributed by atoms with Crippen LogP contribution in [0.4, 0.5) is 13.2 Å². The molecule has 24 heavy (non-hydrogen) atoms. The van der Waals surface area contributed by atoms with Crippen molar-refractivity contribution in [3.8, 4) is 0 Å². The first kappa shape index (κ1) is 18.3. The summed E-state index contributed by atoms with van der Waals surface area (Å²) in [5.74, 6) is -2.53. The molecule has 0 aliphatic carbocycles. The van der Waals surface area contributed by atoms with Crippen molar-refractivity contribution in [3.05, 3.63) is 35.9 Å². The first-order chi connectivity index (χ1) is 11.2. The molecule has 0 aromatic heterocycles. The van der Waals surface area contributed by atoms with Crippen LogP contribution in [-0.2, 0) is 16.1 Å². The fourth-order valence-electron chi connectivity index (χ4n) is 3.03. The fourth-order valence-corrected chi connectivity index (χ4v) is 3.03. The lowest BCUT2D eigenvalue weighted by Crippen LogP contribution is -2.53. The number of likely N-dealkylation sites (N-methyl/N-ethyl adjacent to an activating group) is 1. The molecule has 0 saturated carbocycles. The van der Waals surface area contributed by atoms with Gasteiger partial charge < -0.3 is 10.0 Å². The van der Waals surface area contributed by atoms with Crippen molar-refractivity contribution in [2.24, 2.45) is 5.41 Å². The summed E-state index contributed by atoms with van der Waals surface area (Å²) < 4.78 is 41.0. The standard InChI is InChI=1S/C16H19F3N2O3/c1-20(10-13(22)23)14(24)15(16(17,18)19)7-8-21(11-15)9-12-5-3-2-4-6-12/h2-6H,7-11H2,1H3,(H,22,23). The predicted octanol–water partition coefficient (Wildman–Crippen LogP) is 1.98. The topological polar surface area (TPSA) is 60.9 Å². The van der Waals surface area contributed by atoms with Gasteiger partial charge in [-0.2, -0.15) is 13.2 Å². The number of likely N-dealkylation sites (tertiary alicyclic amines) is 1. The quantitative estimate of drug-likeness (QED) is 0.887. The van der Waals surface area contributed by atoms with Crippen molar-refractivity contribution in [1.82, 2.24) is 9.80 Å². The van der Waals surface area contributed by atoms with Crippen molar-refractivity contribution in [2.75, 3.05) is 26.7 Å². The Morgan fingerprint density at radius 1 is 1.29 bits per heavy atom. The average Bonchev–Trinajstić information content (AvgIpc) is 2.91. The third-order valence-electron chi connectivity index (χ3n) is 4.27. The van der Waals surface area contributed by atoms with E-state index in [1.165, 1.54) is 0 Å². The highest BCUT2D eigenvalue weighted by Crippen LogP contribution is 2.47. The smallest absolute Gasteiger partial charge is 0.404 e. The minimum absolute atomic E-state index is 0.126. The van der Waals surface area contributed by atoms with Crippen LogP contribution in [0.5, 0.6) is 0 Å². The molecule has 0 spiro atoms. The number of benzene rings is 1. The number of alkyl halides is 3. The molecule has 0 radical (unpaired) electrons. The first-order valence-electron chi connectivity index (χ1n) is 7.46. The molecule has 1 unspecified atom stereocenters. The van der Waals surface area contributed by atoms with Gasteiger partial charge in [-0.1, -0.05) is 30.3 Å². The average molecular weight is 344 g/mol. The minimum Gasteiger partial charge on any atom is -0.480 e. The molecule has 1 amide bonds. The summed E-state index contributed by atoms with van der Waals surface area (Å²) in [5, 5.41) is 8.72. The number of carbonyl (C=O) groups excluding carboxylic acids is 1. The van der Waals surface area contributed by atoms with Crippen LogP contribution in [0.3, 0.4) is 0 Å². The molecule has 1 heterocycles. The monoisotopic (exact) mass is 344 g/mol. The summed E-state index contributed by atoms with van der Waals surface area (Å²) in [5.41, 5.74) is -1.69. The Morgan fingerprint density at radius 3 is 2.46 bits per heavy atom. The van der Waals surface area contributed by atoms with Gasteiger partial charge in [-0.15, -0.1) is 0 Å². The van der Waals surface area contributed by atoms with Gasteiger partial charge in [0.05, 0.1) is 0 Å². The summed E-state index contributed by atoms with van der Waals surface area (Å²) in [6, 6.07) is 9.04. The summed E-state index contributed by atoms with van der Waals surface area (Å²) in [7, 11) is 1.09. The van der Waals surface area contributed by atoms with Crippen molar-refractivity contribution in [3.63, 3.8) is 0 Å². The number of aliphatic carboxylic acids is 1. The Balaban J connectivity index is 2.18. The number of carboxylic acids is 1. The molecule has 5 nitrogen and oxygen atoms in total. The molecule has 132 valence electrons. The second kappa shape index (κ2) is 6.80. The SMILES string of the molecule is CN(CC(=O)O)C(=O)C1(C(F)(F)F)CCN(Cc2ccccc2)C1. The first-order valence-corrected chi connectivity index (χ1v) is 7.46. The Bertz CT molecular complexity index is 606. The van der Waals surface area contributed by atoms with Gasteiger partial charge >= 0.3 is 12.1 Å². The summed E-state index contributed by atoms with van der Waals surface area (Å²) >= 11 is 0. The van der Waals surface area contributed by atoms with Crippen molar-refractivity contribution >= 4 is 11.9 Å². The van der Waals surface area contributed by atoms with E-state index in [2.05, 4.69) is 0 Å². The van der Waals surface area contributed by atoms with Gasteiger partial charge in [0.1, 0.15) is 6.54 Å². The maximum atomic E-state index is 13.7. The maximum absolute atomic E-state index is 13.7. The van der Waals surface area contributed by atoms with Gasteiger partial charge in [-0.05, 0) is 18.5 Å². The summed E-state index contributed by atoms with van der Waals surface area (Å²) in [6.45, 7) is -0.779. The highest BCUT2D eigenvalue weighted by Gasteiger charge is 2.63. The van der Waals surface area contributed by atoms with Crippen LogP contribution in [0.1, 0.15) is 12.0 Å². The zero-order valence-electron chi connectivity index (χ0n) is 13.2. The number of hydrogen-bond donors (Lipinski definition) is 1. The molecule has 1 aromatic carbocycles. The molecule has 1 N–H and O–H groups in total. The Kier molecular flexibility index (Phi) is 5.17. The van der Waals surface area contributed by atoms with E-state index in [9.17, 15) is 22.8 Å². The molecular weight excluding hydrogens is 325 g/mol. The van der Waals surface area contributed by atoms with Gasteiger partial charge in [-0.3, -0.25) is 14.5 Å². The largest absolute Gasteiger partial charge is 0.480 e. The lowest BCUT2D eigenvalue weighted by atomic mass is 9.84. The van der Waals surface area contributed by atoms with E-state index in [0.29, 0.717) is 11.4 Å². The minimum atomic E-state index is -4.73. The van der Waals surface area contributed by atoms with Crippen LogP contribution < -0.4 is 0 Å². The number of carboxylic acid groups (broad SMARTS) is 1. The summed E-state index contributed by atoms with van der Waals surface area (Å²) in [6.07, 6.45) is -5.10. The number of amides is 1. The lowest BCUT2D eigenvalue weighted by molar-refractivity contribution is -0.223. The van der Waals surface area contributed by atoms with Crippen molar-refractivity contribution in [1.29, 1.82) is 0 Å². The highest BCUT2D eigenvalue weighted by atomic mass is 19.4. The molecule has 0 bridgehead atoms. The van der Waals surface area contributed by atoms with Crippen molar-refractivity contribution in [2.45, 2.75) is 19.1 Å². The molecular formula is C16H19F3N2O3. The lowest BCUT2D eigenvalue weighted by Gasteiger charge is -2.33. The number of nitrogens with zero attached hydrogens (tertiary/aromatic N) is 2. The third-order valence-corrected chi connectivity index (χ3v) is 4.27. The van der Waals surface area contributed by atoms with Crippen LogP contribution >= 0.6 is 0 Å².